The van der Waals surface area contributed by atoms with Gasteiger partial charge >= 0.3 is 0 Å². The van der Waals surface area contributed by atoms with Crippen LogP contribution in [0.5, 0.6) is 5.75 Å². The van der Waals surface area contributed by atoms with Gasteiger partial charge in [-0.25, -0.2) is 10.5 Å². The quantitative estimate of drug-likeness (QED) is 0.398. The second-order valence-electron chi connectivity index (χ2n) is 2.95. The molecule has 0 aromatic heterocycles. The Kier molecular flexibility index (Phi) is 4.43. The van der Waals surface area contributed by atoms with Crippen molar-refractivity contribution >= 4 is 11.6 Å². The van der Waals surface area contributed by atoms with Crippen LogP contribution in [-0.4, -0.2) is 17.8 Å². The van der Waals surface area contributed by atoms with E-state index < -0.39 is 0 Å². The smallest absolute Gasteiger partial charge is 0.218 e. The van der Waals surface area contributed by atoms with Crippen LogP contribution >= 0.6 is 0 Å². The average molecular weight is 209 g/mol. The number of nitrogens with one attached hydrogen (secondary N) is 1. The van der Waals surface area contributed by atoms with E-state index in [9.17, 15) is 0 Å². The predicted molar refractivity (Wildman–Crippen MR) is 58.4 cm³/mol. The molecule has 0 aliphatic carbocycles. The molecule has 0 heterocycles. The van der Waals surface area contributed by atoms with Crippen LogP contribution in [0.3, 0.4) is 0 Å². The van der Waals surface area contributed by atoms with Gasteiger partial charge in [-0.05, 0) is 30.7 Å². The number of benzene rings is 1. The Labute approximate surface area is 88.5 Å². The number of aliphatic imine (C=N–C) groups is 1. The summed E-state index contributed by atoms with van der Waals surface area (Å²) in [5.74, 6) is 0.753. The van der Waals surface area contributed by atoms with Crippen molar-refractivity contribution in [3.63, 3.8) is 0 Å². The lowest BCUT2D eigenvalue weighted by Gasteiger charge is -2.04. The Bertz CT molecular complexity index is 322. The summed E-state index contributed by atoms with van der Waals surface area (Å²) in [5.41, 5.74) is 7.69. The van der Waals surface area contributed by atoms with E-state index >= 15 is 0 Å². The highest BCUT2D eigenvalue weighted by Crippen LogP contribution is 2.17. The van der Waals surface area contributed by atoms with Crippen LogP contribution in [-0.2, 0) is 0 Å². The van der Waals surface area contributed by atoms with E-state index in [1.54, 1.807) is 29.7 Å². The van der Waals surface area contributed by atoms with E-state index in [0.29, 0.717) is 12.3 Å². The lowest BCUT2D eigenvalue weighted by molar-refractivity contribution is 0.233. The van der Waals surface area contributed by atoms with Gasteiger partial charge < -0.3 is 10.5 Å². The molecule has 0 amide bonds. The minimum Gasteiger partial charge on any atom is -0.494 e. The third kappa shape index (κ3) is 3.86. The molecule has 0 saturated heterocycles. The first kappa shape index (κ1) is 11.3. The van der Waals surface area contributed by atoms with Gasteiger partial charge in [0.1, 0.15) is 5.75 Å². The summed E-state index contributed by atoms with van der Waals surface area (Å²) in [7, 11) is 0. The van der Waals surface area contributed by atoms with Crippen LogP contribution in [0.25, 0.3) is 0 Å². The third-order valence-corrected chi connectivity index (χ3v) is 1.67. The van der Waals surface area contributed by atoms with Gasteiger partial charge in [-0.1, -0.05) is 6.92 Å². The minimum atomic E-state index is -0.0442. The predicted octanol–water partition coefficient (Wildman–Crippen LogP) is 1.40. The highest BCUT2D eigenvalue weighted by molar-refractivity contribution is 5.79. The molecule has 4 N–H and O–H groups in total. The molecular weight excluding hydrogens is 194 g/mol. The summed E-state index contributed by atoms with van der Waals surface area (Å²) < 4.78 is 5.40. The second kappa shape index (κ2) is 5.87. The van der Waals surface area contributed by atoms with Crippen molar-refractivity contribution in [2.75, 3.05) is 6.61 Å². The van der Waals surface area contributed by atoms with Gasteiger partial charge in [0.25, 0.3) is 0 Å². The van der Waals surface area contributed by atoms with Gasteiger partial charge in [0.05, 0.1) is 12.3 Å². The Morgan fingerprint density at radius 2 is 2.13 bits per heavy atom. The van der Waals surface area contributed by atoms with Gasteiger partial charge in [-0.15, -0.1) is 0 Å². The van der Waals surface area contributed by atoms with Crippen LogP contribution in [0.4, 0.5) is 5.69 Å². The maximum atomic E-state index is 8.44. The maximum Gasteiger partial charge on any atom is 0.218 e. The van der Waals surface area contributed by atoms with Crippen molar-refractivity contribution in [1.29, 1.82) is 0 Å². The van der Waals surface area contributed by atoms with Crippen molar-refractivity contribution in [3.8, 4) is 5.75 Å². The summed E-state index contributed by atoms with van der Waals surface area (Å²) >= 11 is 0. The average Bonchev–Trinajstić information content (AvgIpc) is 2.28. The maximum absolute atomic E-state index is 8.44. The first-order chi connectivity index (χ1) is 7.26. The number of hydrogen-bond acceptors (Lipinski definition) is 3. The fourth-order valence-corrected chi connectivity index (χ4v) is 1.00. The van der Waals surface area contributed by atoms with Crippen molar-refractivity contribution < 1.29 is 9.94 Å². The third-order valence-electron chi connectivity index (χ3n) is 1.67. The van der Waals surface area contributed by atoms with Crippen LogP contribution < -0.4 is 16.0 Å². The van der Waals surface area contributed by atoms with Gasteiger partial charge in [-0.2, -0.15) is 0 Å². The Morgan fingerprint density at radius 1 is 1.47 bits per heavy atom. The zero-order valence-electron chi connectivity index (χ0n) is 8.60. The van der Waals surface area contributed by atoms with E-state index in [1.165, 1.54) is 0 Å². The SMILES string of the molecule is CCCOc1ccc(N=C(N)NO)cc1. The Balaban J connectivity index is 2.64. The molecule has 0 bridgehead atoms. The fourth-order valence-electron chi connectivity index (χ4n) is 1.00. The number of hydroxylamine groups is 1. The van der Waals surface area contributed by atoms with E-state index in [0.717, 1.165) is 12.2 Å². The van der Waals surface area contributed by atoms with Gasteiger partial charge in [0.15, 0.2) is 0 Å². The first-order valence-corrected chi connectivity index (χ1v) is 4.73. The van der Waals surface area contributed by atoms with E-state index in [4.69, 9.17) is 15.7 Å². The molecule has 0 saturated carbocycles. The summed E-state index contributed by atoms with van der Waals surface area (Å²) in [4.78, 5) is 3.88. The van der Waals surface area contributed by atoms with Crippen molar-refractivity contribution in [3.05, 3.63) is 24.3 Å². The largest absolute Gasteiger partial charge is 0.494 e. The number of rotatable bonds is 4. The molecule has 1 rings (SSSR count). The highest BCUT2D eigenvalue weighted by Gasteiger charge is 1.94. The molecule has 1 aromatic carbocycles. The van der Waals surface area contributed by atoms with Crippen LogP contribution in [0.2, 0.25) is 0 Å². The number of guanidine groups is 1. The van der Waals surface area contributed by atoms with Crippen LogP contribution in [0.15, 0.2) is 29.3 Å². The topological polar surface area (TPSA) is 79.9 Å². The van der Waals surface area contributed by atoms with E-state index in [1.807, 2.05) is 6.92 Å². The number of nitrogens with zero attached hydrogens (tertiary/aromatic N) is 1. The zero-order valence-corrected chi connectivity index (χ0v) is 8.60. The fraction of sp³-hybridized carbons (Fsp3) is 0.300. The standard InChI is InChI=1S/C10H15N3O2/c1-2-7-15-9-5-3-8(4-6-9)12-10(11)13-14/h3-6,14H,2,7H2,1H3,(H3,11,12,13). The molecule has 0 atom stereocenters. The normalized spacial score (nSPS) is 11.2. The van der Waals surface area contributed by atoms with Gasteiger partial charge in [-0.3, -0.25) is 5.21 Å². The monoisotopic (exact) mass is 209 g/mol. The number of ether oxygens (including phenoxy) is 1. The summed E-state index contributed by atoms with van der Waals surface area (Å²) in [6.07, 6.45) is 0.973. The summed E-state index contributed by atoms with van der Waals surface area (Å²) in [6, 6.07) is 7.13. The van der Waals surface area contributed by atoms with Crippen molar-refractivity contribution in [2.24, 2.45) is 10.7 Å². The van der Waals surface area contributed by atoms with Gasteiger partial charge in [0, 0.05) is 0 Å². The minimum absolute atomic E-state index is 0.0442. The van der Waals surface area contributed by atoms with E-state index in [2.05, 4.69) is 4.99 Å². The van der Waals surface area contributed by atoms with Crippen molar-refractivity contribution in [2.45, 2.75) is 13.3 Å². The molecule has 0 fully saturated rings. The molecule has 0 radical (unpaired) electrons. The van der Waals surface area contributed by atoms with Crippen LogP contribution in [0, 0.1) is 0 Å². The molecule has 0 aliphatic rings. The molecule has 5 nitrogen and oxygen atoms in total. The second-order valence-corrected chi connectivity index (χ2v) is 2.95. The molecule has 0 spiro atoms. The zero-order chi connectivity index (χ0) is 11.1. The Hall–Kier alpha value is -1.75. The highest BCUT2D eigenvalue weighted by atomic mass is 16.5. The number of hydrogen-bond donors (Lipinski definition) is 3. The lowest BCUT2D eigenvalue weighted by atomic mass is 10.3. The molecule has 1 aromatic rings. The summed E-state index contributed by atoms with van der Waals surface area (Å²) in [6.45, 7) is 2.75. The Morgan fingerprint density at radius 3 is 2.67 bits per heavy atom. The summed E-state index contributed by atoms with van der Waals surface area (Å²) in [5, 5.41) is 8.44. The first-order valence-electron chi connectivity index (χ1n) is 4.73. The molecule has 0 unspecified atom stereocenters. The van der Waals surface area contributed by atoms with E-state index in [-0.39, 0.29) is 5.96 Å². The molecule has 15 heavy (non-hydrogen) atoms. The van der Waals surface area contributed by atoms with Crippen molar-refractivity contribution in [1.82, 2.24) is 5.48 Å². The number of nitrogens with two attached hydrogens (primary N) is 1. The molecular formula is C10H15N3O2. The van der Waals surface area contributed by atoms with Gasteiger partial charge in [0.2, 0.25) is 5.96 Å². The lowest BCUT2D eigenvalue weighted by Crippen LogP contribution is -2.27. The molecule has 0 aliphatic heterocycles. The molecule has 5 heteroatoms. The van der Waals surface area contributed by atoms with Crippen LogP contribution in [0.1, 0.15) is 13.3 Å². The molecule has 82 valence electrons.